The first-order chi connectivity index (χ1) is 11.4. The smallest absolute Gasteiger partial charge is 0.257 e. The van der Waals surface area contributed by atoms with Crippen LogP contribution in [0.1, 0.15) is 34.3 Å². The van der Waals surface area contributed by atoms with Gasteiger partial charge in [0.15, 0.2) is 0 Å². The van der Waals surface area contributed by atoms with Crippen LogP contribution in [0, 0.1) is 17.5 Å². The van der Waals surface area contributed by atoms with Gasteiger partial charge in [-0.2, -0.15) is 0 Å². The van der Waals surface area contributed by atoms with Crippen LogP contribution in [0.3, 0.4) is 0 Å². The van der Waals surface area contributed by atoms with Crippen LogP contribution >= 0.6 is 0 Å². The molecule has 2 aromatic rings. The lowest BCUT2D eigenvalue weighted by atomic mass is 9.79. The molecule has 0 saturated heterocycles. The molecule has 6 heteroatoms. The average Bonchev–Trinajstić information content (AvgIpc) is 2.53. The molecule has 0 bridgehead atoms. The van der Waals surface area contributed by atoms with Gasteiger partial charge in [-0.3, -0.25) is 4.79 Å². The summed E-state index contributed by atoms with van der Waals surface area (Å²) in [6, 6.07) is 8.23. The summed E-state index contributed by atoms with van der Waals surface area (Å²) >= 11 is 0. The maximum atomic E-state index is 13.7. The summed E-state index contributed by atoms with van der Waals surface area (Å²) in [6.07, 6.45) is 2.00. The number of benzene rings is 2. The van der Waals surface area contributed by atoms with Crippen LogP contribution in [0.25, 0.3) is 0 Å². The largest absolute Gasteiger partial charge is 0.383 e. The Labute approximate surface area is 137 Å². The van der Waals surface area contributed by atoms with Crippen molar-refractivity contribution in [2.24, 2.45) is 0 Å². The van der Waals surface area contributed by atoms with Gasteiger partial charge in [0.1, 0.15) is 28.6 Å². The predicted molar refractivity (Wildman–Crippen MR) is 81.9 cm³/mol. The van der Waals surface area contributed by atoms with Crippen LogP contribution in [-0.2, 0) is 12.0 Å². The number of rotatable bonds is 3. The normalized spacial score (nSPS) is 19.7. The Bertz CT molecular complexity index is 771. The molecule has 0 heterocycles. The van der Waals surface area contributed by atoms with E-state index in [1.807, 2.05) is 12.1 Å². The summed E-state index contributed by atoms with van der Waals surface area (Å²) in [7, 11) is 0. The predicted octanol–water partition coefficient (Wildman–Crippen LogP) is 3.06. The molecule has 1 amide bonds. The molecule has 3 nitrogen and oxygen atoms in total. The summed E-state index contributed by atoms with van der Waals surface area (Å²) in [5.74, 6) is -4.68. The molecule has 24 heavy (non-hydrogen) atoms. The van der Waals surface area contributed by atoms with Gasteiger partial charge in [-0.1, -0.05) is 24.3 Å². The van der Waals surface area contributed by atoms with E-state index < -0.39 is 34.5 Å². The Hall–Kier alpha value is -2.34. The van der Waals surface area contributed by atoms with Crippen molar-refractivity contribution in [3.05, 3.63) is 70.5 Å². The molecule has 0 aliphatic heterocycles. The number of fused-ring (bicyclic) bond motifs is 1. The van der Waals surface area contributed by atoms with Crippen molar-refractivity contribution in [1.29, 1.82) is 0 Å². The zero-order chi connectivity index (χ0) is 17.3. The molecule has 126 valence electrons. The molecule has 3 rings (SSSR count). The second-order valence-electron chi connectivity index (χ2n) is 5.97. The van der Waals surface area contributed by atoms with Gasteiger partial charge >= 0.3 is 0 Å². The molecular formula is C18H16F3NO2. The molecule has 0 radical (unpaired) electrons. The van der Waals surface area contributed by atoms with Crippen molar-refractivity contribution in [3.63, 3.8) is 0 Å². The van der Waals surface area contributed by atoms with Gasteiger partial charge in [0.2, 0.25) is 0 Å². The van der Waals surface area contributed by atoms with E-state index in [0.717, 1.165) is 18.4 Å². The first-order valence-electron chi connectivity index (χ1n) is 7.64. The summed E-state index contributed by atoms with van der Waals surface area (Å²) in [5.41, 5.74) is -0.461. The van der Waals surface area contributed by atoms with Gasteiger partial charge in [0.05, 0.1) is 6.54 Å². The summed E-state index contributed by atoms with van der Waals surface area (Å²) < 4.78 is 40.2. The summed E-state index contributed by atoms with van der Waals surface area (Å²) in [6.45, 7) is -0.181. The summed E-state index contributed by atoms with van der Waals surface area (Å²) in [5, 5.41) is 13.2. The number of hydrogen-bond acceptors (Lipinski definition) is 2. The van der Waals surface area contributed by atoms with Crippen molar-refractivity contribution in [1.82, 2.24) is 5.32 Å². The molecule has 2 N–H and O–H groups in total. The maximum absolute atomic E-state index is 13.7. The molecule has 2 aromatic carbocycles. The van der Waals surface area contributed by atoms with E-state index in [-0.39, 0.29) is 6.54 Å². The van der Waals surface area contributed by atoms with Crippen LogP contribution in [0.4, 0.5) is 13.2 Å². The number of nitrogens with one attached hydrogen (secondary N) is 1. The quantitative estimate of drug-likeness (QED) is 0.906. The number of carbonyl (C=O) groups excluding carboxylic acids is 1. The monoisotopic (exact) mass is 335 g/mol. The molecule has 0 aromatic heterocycles. The molecular weight excluding hydrogens is 319 g/mol. The highest BCUT2D eigenvalue weighted by Crippen LogP contribution is 2.34. The van der Waals surface area contributed by atoms with E-state index >= 15 is 0 Å². The molecule has 0 saturated carbocycles. The Morgan fingerprint density at radius 2 is 1.83 bits per heavy atom. The third-order valence-corrected chi connectivity index (χ3v) is 4.33. The number of carbonyl (C=O) groups is 1. The number of hydrogen-bond donors (Lipinski definition) is 2. The maximum Gasteiger partial charge on any atom is 0.257 e. The highest BCUT2D eigenvalue weighted by Gasteiger charge is 2.35. The zero-order valence-corrected chi connectivity index (χ0v) is 12.8. The fraction of sp³-hybridized carbons (Fsp3) is 0.278. The highest BCUT2D eigenvalue weighted by atomic mass is 19.1. The Balaban J connectivity index is 1.80. The lowest BCUT2D eigenvalue weighted by molar-refractivity contribution is 0.0188. The van der Waals surface area contributed by atoms with E-state index in [9.17, 15) is 23.1 Å². The summed E-state index contributed by atoms with van der Waals surface area (Å²) in [4.78, 5) is 12.1. The third-order valence-electron chi connectivity index (χ3n) is 4.33. The minimum absolute atomic E-state index is 0.181. The van der Waals surface area contributed by atoms with E-state index in [4.69, 9.17) is 0 Å². The number of halogens is 3. The minimum Gasteiger partial charge on any atom is -0.383 e. The van der Waals surface area contributed by atoms with E-state index in [2.05, 4.69) is 5.32 Å². The molecule has 0 spiro atoms. The van der Waals surface area contributed by atoms with Crippen LogP contribution in [0.5, 0.6) is 0 Å². The zero-order valence-electron chi connectivity index (χ0n) is 12.8. The fourth-order valence-corrected chi connectivity index (χ4v) is 3.16. The Morgan fingerprint density at radius 1 is 1.17 bits per heavy atom. The van der Waals surface area contributed by atoms with Gasteiger partial charge in [0, 0.05) is 12.1 Å². The molecule has 1 aliphatic carbocycles. The van der Waals surface area contributed by atoms with Crippen molar-refractivity contribution in [3.8, 4) is 0 Å². The number of aryl methyl sites for hydroxylation is 1. The number of amides is 1. The van der Waals surface area contributed by atoms with Crippen LogP contribution in [0.2, 0.25) is 0 Å². The number of aliphatic hydroxyl groups is 1. The van der Waals surface area contributed by atoms with Gasteiger partial charge in [-0.25, -0.2) is 13.2 Å². The standard InChI is InChI=1S/C18H16F3NO2/c19-12-8-14(20)16(15(21)9-12)17(23)22-10-18(24)7-3-5-11-4-1-2-6-13(11)18/h1-2,4,6,8-9,24H,3,5,7,10H2,(H,22,23). The minimum atomic E-state index is -1.29. The molecule has 0 fully saturated rings. The van der Waals surface area contributed by atoms with E-state index in [0.29, 0.717) is 24.1 Å². The molecule has 1 aliphatic rings. The van der Waals surface area contributed by atoms with E-state index in [1.165, 1.54) is 0 Å². The van der Waals surface area contributed by atoms with Crippen molar-refractivity contribution >= 4 is 5.91 Å². The van der Waals surface area contributed by atoms with Gasteiger partial charge in [-0.05, 0) is 30.4 Å². The Kier molecular flexibility index (Phi) is 4.32. The topological polar surface area (TPSA) is 49.3 Å². The second-order valence-corrected chi connectivity index (χ2v) is 5.97. The average molecular weight is 335 g/mol. The van der Waals surface area contributed by atoms with Crippen LogP contribution in [0.15, 0.2) is 36.4 Å². The van der Waals surface area contributed by atoms with Crippen LogP contribution < -0.4 is 5.32 Å². The third kappa shape index (κ3) is 3.01. The first-order valence-corrected chi connectivity index (χ1v) is 7.64. The second kappa shape index (κ2) is 6.28. The van der Waals surface area contributed by atoms with Crippen molar-refractivity contribution in [2.75, 3.05) is 6.54 Å². The molecule has 1 unspecified atom stereocenters. The lowest BCUT2D eigenvalue weighted by Gasteiger charge is -2.34. The Morgan fingerprint density at radius 3 is 2.54 bits per heavy atom. The van der Waals surface area contributed by atoms with Gasteiger partial charge < -0.3 is 10.4 Å². The van der Waals surface area contributed by atoms with Crippen molar-refractivity contribution in [2.45, 2.75) is 24.9 Å². The van der Waals surface area contributed by atoms with Gasteiger partial charge in [0.25, 0.3) is 5.91 Å². The van der Waals surface area contributed by atoms with E-state index in [1.54, 1.807) is 12.1 Å². The highest BCUT2D eigenvalue weighted by molar-refractivity contribution is 5.94. The van der Waals surface area contributed by atoms with Gasteiger partial charge in [-0.15, -0.1) is 0 Å². The SMILES string of the molecule is O=C(NCC1(O)CCCc2ccccc21)c1c(F)cc(F)cc1F. The van der Waals surface area contributed by atoms with Crippen LogP contribution in [-0.4, -0.2) is 17.6 Å². The first kappa shape index (κ1) is 16.5. The molecule has 1 atom stereocenters. The lowest BCUT2D eigenvalue weighted by Crippen LogP contribution is -2.43. The fourth-order valence-electron chi connectivity index (χ4n) is 3.16. The van der Waals surface area contributed by atoms with Crippen molar-refractivity contribution < 1.29 is 23.1 Å².